The Morgan fingerprint density at radius 1 is 1.43 bits per heavy atom. The molecule has 0 saturated heterocycles. The Morgan fingerprint density at radius 3 is 2.57 bits per heavy atom. The van der Waals surface area contributed by atoms with E-state index in [2.05, 4.69) is 36.6 Å². The fourth-order valence-corrected chi connectivity index (χ4v) is 1.39. The summed E-state index contributed by atoms with van der Waals surface area (Å²) < 4.78 is 0. The summed E-state index contributed by atoms with van der Waals surface area (Å²) in [5.41, 5.74) is 9.45. The molecule has 2 heteroatoms. The minimum Gasteiger partial charge on any atom is -0.378 e. The van der Waals surface area contributed by atoms with Gasteiger partial charge in [0.25, 0.3) is 0 Å². The van der Waals surface area contributed by atoms with Crippen LogP contribution in [-0.4, -0.2) is 14.1 Å². The van der Waals surface area contributed by atoms with Crippen molar-refractivity contribution in [2.24, 2.45) is 5.73 Å². The average molecular weight is 190 g/mol. The minimum absolute atomic E-state index is 0.0742. The summed E-state index contributed by atoms with van der Waals surface area (Å²) in [6, 6.07) is 6.22. The molecule has 0 amide bonds. The van der Waals surface area contributed by atoms with Crippen LogP contribution in [-0.2, 0) is 0 Å². The Balaban J connectivity index is 3.14. The summed E-state index contributed by atoms with van der Waals surface area (Å²) in [7, 11) is 4.04. The average Bonchev–Trinajstić information content (AvgIpc) is 2.17. The third kappa shape index (κ3) is 2.15. The van der Waals surface area contributed by atoms with Crippen LogP contribution in [0.2, 0.25) is 0 Å². The van der Waals surface area contributed by atoms with Crippen molar-refractivity contribution in [2.75, 3.05) is 19.0 Å². The van der Waals surface area contributed by atoms with E-state index in [1.165, 1.54) is 11.3 Å². The van der Waals surface area contributed by atoms with Crippen molar-refractivity contribution in [3.8, 4) is 0 Å². The normalized spacial score (nSPS) is 12.3. The van der Waals surface area contributed by atoms with E-state index in [0.29, 0.717) is 0 Å². The Bertz CT molecular complexity index is 329. The monoisotopic (exact) mass is 190 g/mol. The van der Waals surface area contributed by atoms with Crippen molar-refractivity contribution in [3.05, 3.63) is 42.0 Å². The molecule has 0 unspecified atom stereocenters. The second-order valence-electron chi connectivity index (χ2n) is 3.70. The van der Waals surface area contributed by atoms with Gasteiger partial charge in [0.2, 0.25) is 0 Å². The Kier molecular flexibility index (Phi) is 3.31. The van der Waals surface area contributed by atoms with Gasteiger partial charge in [0.05, 0.1) is 0 Å². The van der Waals surface area contributed by atoms with Gasteiger partial charge in [-0.3, -0.25) is 0 Å². The number of rotatable bonds is 3. The fraction of sp³-hybridized carbons (Fsp3) is 0.333. The third-order valence-electron chi connectivity index (χ3n) is 2.39. The molecule has 0 aromatic heterocycles. The highest BCUT2D eigenvalue weighted by Gasteiger charge is 2.06. The van der Waals surface area contributed by atoms with Crippen molar-refractivity contribution in [1.29, 1.82) is 0 Å². The summed E-state index contributed by atoms with van der Waals surface area (Å²) in [5, 5.41) is 0. The van der Waals surface area contributed by atoms with Crippen molar-refractivity contribution < 1.29 is 0 Å². The largest absolute Gasteiger partial charge is 0.378 e. The third-order valence-corrected chi connectivity index (χ3v) is 2.39. The number of anilines is 1. The molecule has 2 N–H and O–H groups in total. The van der Waals surface area contributed by atoms with Crippen LogP contribution in [0, 0.1) is 6.92 Å². The van der Waals surface area contributed by atoms with Gasteiger partial charge >= 0.3 is 0 Å². The van der Waals surface area contributed by atoms with Gasteiger partial charge in [0.1, 0.15) is 0 Å². The molecule has 0 aliphatic heterocycles. The van der Waals surface area contributed by atoms with Crippen LogP contribution in [0.3, 0.4) is 0 Å². The molecule has 1 atom stereocenters. The molecule has 0 heterocycles. The molecule has 0 spiro atoms. The highest BCUT2D eigenvalue weighted by atomic mass is 15.1. The molecule has 0 saturated carbocycles. The summed E-state index contributed by atoms with van der Waals surface area (Å²) in [6.07, 6.45) is 1.77. The smallest absolute Gasteiger partial charge is 0.0481 e. The van der Waals surface area contributed by atoms with Gasteiger partial charge in [-0.2, -0.15) is 0 Å². The van der Waals surface area contributed by atoms with E-state index >= 15 is 0 Å². The minimum atomic E-state index is -0.0742. The predicted molar refractivity (Wildman–Crippen MR) is 62.6 cm³/mol. The molecule has 0 aliphatic rings. The number of benzene rings is 1. The summed E-state index contributed by atoms with van der Waals surface area (Å²) in [6.45, 7) is 5.78. The number of nitrogens with zero attached hydrogens (tertiary/aromatic N) is 1. The van der Waals surface area contributed by atoms with E-state index in [1.807, 2.05) is 14.1 Å². The molecular formula is C12H18N2. The predicted octanol–water partition coefficient (Wildman–Crippen LogP) is 2.25. The topological polar surface area (TPSA) is 29.3 Å². The highest BCUT2D eigenvalue weighted by molar-refractivity contribution is 5.51. The summed E-state index contributed by atoms with van der Waals surface area (Å²) in [5.74, 6) is 0. The van der Waals surface area contributed by atoms with Crippen LogP contribution >= 0.6 is 0 Å². The van der Waals surface area contributed by atoms with Crippen molar-refractivity contribution in [1.82, 2.24) is 0 Å². The highest BCUT2D eigenvalue weighted by Crippen LogP contribution is 2.22. The molecule has 2 nitrogen and oxygen atoms in total. The lowest BCUT2D eigenvalue weighted by Gasteiger charge is -2.17. The maximum atomic E-state index is 5.93. The molecule has 76 valence electrons. The first kappa shape index (κ1) is 10.8. The molecular weight excluding hydrogens is 172 g/mol. The molecule has 0 bridgehead atoms. The number of hydrogen-bond donors (Lipinski definition) is 1. The molecule has 0 fully saturated rings. The zero-order chi connectivity index (χ0) is 10.7. The van der Waals surface area contributed by atoms with E-state index in [-0.39, 0.29) is 6.04 Å². The van der Waals surface area contributed by atoms with Gasteiger partial charge in [0, 0.05) is 25.8 Å². The maximum Gasteiger partial charge on any atom is 0.0481 e. The van der Waals surface area contributed by atoms with Gasteiger partial charge in [-0.1, -0.05) is 12.1 Å². The Labute approximate surface area is 86.0 Å². The molecule has 0 radical (unpaired) electrons. The first-order chi connectivity index (χ1) is 6.56. The Morgan fingerprint density at radius 2 is 2.07 bits per heavy atom. The van der Waals surface area contributed by atoms with Crippen molar-refractivity contribution in [3.63, 3.8) is 0 Å². The Hall–Kier alpha value is -1.28. The first-order valence-corrected chi connectivity index (χ1v) is 4.72. The van der Waals surface area contributed by atoms with Crippen LogP contribution in [0.5, 0.6) is 0 Å². The van der Waals surface area contributed by atoms with Crippen LogP contribution in [0.4, 0.5) is 5.69 Å². The van der Waals surface area contributed by atoms with Crippen LogP contribution in [0.1, 0.15) is 17.2 Å². The SMILES string of the molecule is C=C[C@H](N)c1cc(N(C)C)ccc1C. The van der Waals surface area contributed by atoms with Crippen LogP contribution in [0.25, 0.3) is 0 Å². The molecule has 1 aromatic carbocycles. The van der Waals surface area contributed by atoms with E-state index in [0.717, 1.165) is 5.56 Å². The number of hydrogen-bond acceptors (Lipinski definition) is 2. The van der Waals surface area contributed by atoms with Gasteiger partial charge in [-0.25, -0.2) is 0 Å². The zero-order valence-corrected chi connectivity index (χ0v) is 9.12. The lowest BCUT2D eigenvalue weighted by Crippen LogP contribution is -2.12. The molecule has 1 rings (SSSR count). The molecule has 14 heavy (non-hydrogen) atoms. The quantitative estimate of drug-likeness (QED) is 0.741. The van der Waals surface area contributed by atoms with Gasteiger partial charge in [-0.05, 0) is 30.2 Å². The standard InChI is InChI=1S/C12H18N2/c1-5-12(13)11-8-10(14(3)4)7-6-9(11)2/h5-8,12H,1,13H2,2-4H3/t12-/m0/s1. The van der Waals surface area contributed by atoms with Crippen LogP contribution in [0.15, 0.2) is 30.9 Å². The number of nitrogens with two attached hydrogens (primary N) is 1. The van der Waals surface area contributed by atoms with Crippen LogP contribution < -0.4 is 10.6 Å². The van der Waals surface area contributed by atoms with Gasteiger partial charge in [-0.15, -0.1) is 6.58 Å². The van der Waals surface area contributed by atoms with Crippen molar-refractivity contribution >= 4 is 5.69 Å². The van der Waals surface area contributed by atoms with E-state index in [1.54, 1.807) is 6.08 Å². The second kappa shape index (κ2) is 4.29. The van der Waals surface area contributed by atoms with Gasteiger partial charge in [0.15, 0.2) is 0 Å². The van der Waals surface area contributed by atoms with E-state index < -0.39 is 0 Å². The van der Waals surface area contributed by atoms with Gasteiger partial charge < -0.3 is 10.6 Å². The first-order valence-electron chi connectivity index (χ1n) is 4.72. The number of aryl methyl sites for hydroxylation is 1. The second-order valence-corrected chi connectivity index (χ2v) is 3.70. The van der Waals surface area contributed by atoms with E-state index in [9.17, 15) is 0 Å². The van der Waals surface area contributed by atoms with Crippen molar-refractivity contribution in [2.45, 2.75) is 13.0 Å². The molecule has 0 aliphatic carbocycles. The van der Waals surface area contributed by atoms with E-state index in [4.69, 9.17) is 5.73 Å². The lowest BCUT2D eigenvalue weighted by atomic mass is 10.0. The fourth-order valence-electron chi connectivity index (χ4n) is 1.39. The lowest BCUT2D eigenvalue weighted by molar-refractivity contribution is 0.900. The maximum absolute atomic E-state index is 5.93. The summed E-state index contributed by atoms with van der Waals surface area (Å²) >= 11 is 0. The molecule has 1 aromatic rings. The summed E-state index contributed by atoms with van der Waals surface area (Å²) in [4.78, 5) is 2.07. The zero-order valence-electron chi connectivity index (χ0n) is 9.12.